The average Bonchev–Trinajstić information content (AvgIpc) is 2.81. The van der Waals surface area contributed by atoms with Crippen molar-refractivity contribution in [2.75, 3.05) is 54.1 Å². The van der Waals surface area contributed by atoms with E-state index >= 15 is 0 Å². The third-order valence-electron chi connectivity index (χ3n) is 4.71. The van der Waals surface area contributed by atoms with Gasteiger partial charge < -0.3 is 29.7 Å². The summed E-state index contributed by atoms with van der Waals surface area (Å²) in [5, 5.41) is 6.68. The van der Waals surface area contributed by atoms with Crippen molar-refractivity contribution in [1.82, 2.24) is 20.5 Å². The van der Waals surface area contributed by atoms with Gasteiger partial charge in [0.25, 0.3) is 0 Å². The fourth-order valence-electron chi connectivity index (χ4n) is 2.98. The van der Waals surface area contributed by atoms with Crippen molar-refractivity contribution in [3.05, 3.63) is 48.2 Å². The van der Waals surface area contributed by atoms with Crippen LogP contribution in [0.25, 0.3) is 0 Å². The second-order valence-electron chi connectivity index (χ2n) is 7.37. The maximum Gasteiger partial charge on any atom is 0.224 e. The number of guanidine groups is 1. The highest BCUT2D eigenvalue weighted by Crippen LogP contribution is 2.31. The third kappa shape index (κ3) is 9.11. The van der Waals surface area contributed by atoms with Crippen molar-refractivity contribution in [1.29, 1.82) is 0 Å². The summed E-state index contributed by atoms with van der Waals surface area (Å²) in [7, 11) is 5.60. The average molecular weight is 444 g/mol. The number of nitrogens with zero attached hydrogens (tertiary/aromatic N) is 3. The zero-order valence-corrected chi connectivity index (χ0v) is 19.8. The Hall–Kier alpha value is -2.84. The normalized spacial score (nSPS) is 11.5. The zero-order valence-electron chi connectivity index (χ0n) is 19.8. The van der Waals surface area contributed by atoms with E-state index < -0.39 is 0 Å². The summed E-state index contributed by atoms with van der Waals surface area (Å²) < 4.78 is 17.0. The van der Waals surface area contributed by atoms with Crippen molar-refractivity contribution in [2.45, 2.75) is 26.3 Å². The summed E-state index contributed by atoms with van der Waals surface area (Å²) in [6.07, 6.45) is 3.68. The Morgan fingerprint density at radius 1 is 1.06 bits per heavy atom. The van der Waals surface area contributed by atoms with E-state index in [1.54, 1.807) is 20.4 Å². The maximum absolute atomic E-state index is 6.11. The molecule has 0 bridgehead atoms. The Kier molecular flexibility index (Phi) is 12.0. The quantitative estimate of drug-likeness (QED) is 0.263. The van der Waals surface area contributed by atoms with Crippen LogP contribution in [0.2, 0.25) is 0 Å². The lowest BCUT2D eigenvalue weighted by atomic mass is 10.2. The molecule has 8 heteroatoms. The molecule has 1 heterocycles. The number of pyridine rings is 1. The van der Waals surface area contributed by atoms with Gasteiger partial charge in [0.15, 0.2) is 17.5 Å². The molecule has 1 aromatic heterocycles. The van der Waals surface area contributed by atoms with E-state index in [0.717, 1.165) is 50.6 Å². The molecule has 32 heavy (non-hydrogen) atoms. The van der Waals surface area contributed by atoms with Crippen LogP contribution < -0.4 is 20.1 Å². The molecular weight excluding hydrogens is 406 g/mol. The van der Waals surface area contributed by atoms with Crippen LogP contribution in [0.3, 0.4) is 0 Å². The van der Waals surface area contributed by atoms with Gasteiger partial charge in [-0.15, -0.1) is 0 Å². The molecule has 176 valence electrons. The minimum Gasteiger partial charge on any atom is -0.490 e. The Bertz CT molecular complexity index is 816. The van der Waals surface area contributed by atoms with E-state index in [1.807, 2.05) is 36.4 Å². The molecule has 0 fully saturated rings. The van der Waals surface area contributed by atoms with Crippen molar-refractivity contribution in [2.24, 2.45) is 4.99 Å². The van der Waals surface area contributed by atoms with Crippen LogP contribution >= 0.6 is 0 Å². The van der Waals surface area contributed by atoms with Gasteiger partial charge in [-0.3, -0.25) is 4.99 Å². The number of methoxy groups -OCH3 is 1. The van der Waals surface area contributed by atoms with E-state index in [1.165, 1.54) is 0 Å². The van der Waals surface area contributed by atoms with E-state index in [0.29, 0.717) is 30.5 Å². The second-order valence-corrected chi connectivity index (χ2v) is 7.37. The molecule has 0 aliphatic carbocycles. The van der Waals surface area contributed by atoms with Gasteiger partial charge in [-0.1, -0.05) is 25.1 Å². The van der Waals surface area contributed by atoms with Gasteiger partial charge in [-0.2, -0.15) is 0 Å². The van der Waals surface area contributed by atoms with Gasteiger partial charge in [0.2, 0.25) is 5.88 Å². The third-order valence-corrected chi connectivity index (χ3v) is 4.71. The summed E-state index contributed by atoms with van der Waals surface area (Å²) in [6.45, 7) is 6.74. The summed E-state index contributed by atoms with van der Waals surface area (Å²) >= 11 is 0. The number of hydrogen-bond acceptors (Lipinski definition) is 6. The van der Waals surface area contributed by atoms with Gasteiger partial charge in [-0.05, 0) is 38.1 Å². The standard InChI is InChI=1S/C24H37N5O3/c1-5-17-31-21-11-6-7-12-22(21)32-23-20(10-8-13-26-23)19-28-24(25-2)27-14-16-29(3)15-9-18-30-4/h6-8,10-13H,5,9,14-19H2,1-4H3,(H2,25,27,28). The minimum atomic E-state index is 0.532. The largest absolute Gasteiger partial charge is 0.490 e. The van der Waals surface area contributed by atoms with Crippen LogP contribution in [0.4, 0.5) is 0 Å². The van der Waals surface area contributed by atoms with Crippen molar-refractivity contribution >= 4 is 5.96 Å². The molecule has 8 nitrogen and oxygen atoms in total. The number of para-hydroxylation sites is 2. The van der Waals surface area contributed by atoms with Gasteiger partial charge in [0, 0.05) is 58.7 Å². The summed E-state index contributed by atoms with van der Waals surface area (Å²) in [4.78, 5) is 11.0. The molecule has 0 aliphatic rings. The number of nitrogens with one attached hydrogen (secondary N) is 2. The number of hydrogen-bond donors (Lipinski definition) is 2. The fourth-order valence-corrected chi connectivity index (χ4v) is 2.98. The zero-order chi connectivity index (χ0) is 23.0. The smallest absolute Gasteiger partial charge is 0.224 e. The topological polar surface area (TPSA) is 80.2 Å². The molecule has 0 saturated carbocycles. The van der Waals surface area contributed by atoms with E-state index in [4.69, 9.17) is 14.2 Å². The lowest BCUT2D eigenvalue weighted by Gasteiger charge is -2.18. The predicted molar refractivity (Wildman–Crippen MR) is 129 cm³/mol. The number of rotatable bonds is 14. The molecule has 2 rings (SSSR count). The number of aromatic nitrogens is 1. The highest BCUT2D eigenvalue weighted by Gasteiger charge is 2.11. The summed E-state index contributed by atoms with van der Waals surface area (Å²) in [5.41, 5.74) is 0.928. The molecule has 0 aliphatic heterocycles. The van der Waals surface area contributed by atoms with Crippen molar-refractivity contribution in [3.63, 3.8) is 0 Å². The molecule has 2 N–H and O–H groups in total. The minimum absolute atomic E-state index is 0.532. The maximum atomic E-state index is 6.11. The molecule has 0 radical (unpaired) electrons. The lowest BCUT2D eigenvalue weighted by molar-refractivity contribution is 0.180. The van der Waals surface area contributed by atoms with Crippen LogP contribution in [0.1, 0.15) is 25.3 Å². The molecule has 0 amide bonds. The monoisotopic (exact) mass is 443 g/mol. The van der Waals surface area contributed by atoms with Crippen LogP contribution in [-0.2, 0) is 11.3 Å². The molecule has 2 aromatic rings. The van der Waals surface area contributed by atoms with Gasteiger partial charge >= 0.3 is 0 Å². The molecule has 0 atom stereocenters. The number of ether oxygens (including phenoxy) is 3. The number of benzene rings is 1. The van der Waals surface area contributed by atoms with E-state index in [9.17, 15) is 0 Å². The molecule has 1 aromatic carbocycles. The van der Waals surface area contributed by atoms with E-state index in [2.05, 4.69) is 39.5 Å². The highest BCUT2D eigenvalue weighted by atomic mass is 16.5. The van der Waals surface area contributed by atoms with E-state index in [-0.39, 0.29) is 0 Å². The Morgan fingerprint density at radius 3 is 2.62 bits per heavy atom. The predicted octanol–water partition coefficient (Wildman–Crippen LogP) is 3.30. The first kappa shape index (κ1) is 25.4. The van der Waals surface area contributed by atoms with Crippen LogP contribution in [-0.4, -0.2) is 69.9 Å². The van der Waals surface area contributed by atoms with Crippen LogP contribution in [0.5, 0.6) is 17.4 Å². The second kappa shape index (κ2) is 15.0. The number of aliphatic imine (C=N–C) groups is 1. The molecule has 0 saturated heterocycles. The van der Waals surface area contributed by atoms with Gasteiger partial charge in [0.05, 0.1) is 6.61 Å². The van der Waals surface area contributed by atoms with Crippen LogP contribution in [0, 0.1) is 0 Å². The first-order valence-corrected chi connectivity index (χ1v) is 11.1. The molecule has 0 spiro atoms. The Morgan fingerprint density at radius 2 is 1.88 bits per heavy atom. The first-order chi connectivity index (χ1) is 15.7. The van der Waals surface area contributed by atoms with Crippen molar-refractivity contribution < 1.29 is 14.2 Å². The molecular formula is C24H37N5O3. The lowest BCUT2D eigenvalue weighted by Crippen LogP contribution is -2.40. The summed E-state index contributed by atoms with van der Waals surface area (Å²) in [5.74, 6) is 2.64. The Balaban J connectivity index is 1.90. The van der Waals surface area contributed by atoms with Crippen molar-refractivity contribution in [3.8, 4) is 17.4 Å². The Labute approximate surface area is 192 Å². The number of likely N-dealkylation sites (N-methyl/N-ethyl adjacent to an activating group) is 1. The fraction of sp³-hybridized carbons (Fsp3) is 0.500. The first-order valence-electron chi connectivity index (χ1n) is 11.1. The summed E-state index contributed by atoms with van der Waals surface area (Å²) in [6, 6.07) is 11.5. The van der Waals surface area contributed by atoms with Gasteiger partial charge in [-0.25, -0.2) is 4.98 Å². The molecule has 0 unspecified atom stereocenters. The SMILES string of the molecule is CCCOc1ccccc1Oc1ncccc1CNC(=NC)NCCN(C)CCCOC. The van der Waals surface area contributed by atoms with Gasteiger partial charge in [0.1, 0.15) is 0 Å². The highest BCUT2D eigenvalue weighted by molar-refractivity contribution is 5.79. The van der Waals surface area contributed by atoms with Crippen LogP contribution in [0.15, 0.2) is 47.6 Å².